The first kappa shape index (κ1) is 19.7. The van der Waals surface area contributed by atoms with Crippen LogP contribution in [0.2, 0.25) is 0 Å². The van der Waals surface area contributed by atoms with Gasteiger partial charge in [-0.1, -0.05) is 6.58 Å². The Labute approximate surface area is 177 Å². The minimum Gasteiger partial charge on any atom is -0.507 e. The standard InChI is InChI=1S/C22H22F2N6O/c1-12(15-8-17-16(23)9-22(2,27-17)20(15)24)18-10-26-21(29-28-18)14-4-3-13(7-19(14)31)30-6-5-25-11-30/h3-7,10-11,15-17,20,27,31H,1,8-9H2,2H3/t15-,16-,17?,20-,22-/m0/s1. The lowest BCUT2D eigenvalue weighted by atomic mass is 9.78. The Hall–Kier alpha value is -3.20. The minimum absolute atomic E-state index is 0.000223. The number of piperidine rings is 1. The van der Waals surface area contributed by atoms with Crippen molar-refractivity contribution in [1.82, 2.24) is 30.0 Å². The maximum Gasteiger partial charge on any atom is 0.185 e. The number of aromatic nitrogens is 5. The van der Waals surface area contributed by atoms with E-state index in [1.165, 1.54) is 6.20 Å². The van der Waals surface area contributed by atoms with Gasteiger partial charge in [-0.15, -0.1) is 10.2 Å². The summed E-state index contributed by atoms with van der Waals surface area (Å²) in [7, 11) is 0. The smallest absolute Gasteiger partial charge is 0.185 e. The first-order valence-electron chi connectivity index (χ1n) is 10.1. The van der Waals surface area contributed by atoms with Crippen LogP contribution in [0.25, 0.3) is 22.6 Å². The molecule has 0 saturated carbocycles. The van der Waals surface area contributed by atoms with Gasteiger partial charge in [-0.2, -0.15) is 0 Å². The van der Waals surface area contributed by atoms with Crippen LogP contribution >= 0.6 is 0 Å². The van der Waals surface area contributed by atoms with Crippen LogP contribution in [0.3, 0.4) is 0 Å². The van der Waals surface area contributed by atoms with Crippen LogP contribution in [-0.4, -0.2) is 53.8 Å². The molecule has 3 aromatic rings. The largest absolute Gasteiger partial charge is 0.507 e. The first-order chi connectivity index (χ1) is 14.9. The zero-order valence-corrected chi connectivity index (χ0v) is 16.9. The average molecular weight is 424 g/mol. The molecule has 2 aliphatic heterocycles. The molecule has 2 aromatic heterocycles. The normalized spacial score (nSPS) is 29.8. The topological polar surface area (TPSA) is 88.8 Å². The highest BCUT2D eigenvalue weighted by Gasteiger charge is 2.55. The van der Waals surface area contributed by atoms with Gasteiger partial charge >= 0.3 is 0 Å². The van der Waals surface area contributed by atoms with Crippen molar-refractivity contribution in [2.24, 2.45) is 5.92 Å². The third kappa shape index (κ3) is 3.29. The second-order valence-electron chi connectivity index (χ2n) is 8.50. The molecule has 5 atom stereocenters. The number of halogens is 2. The lowest BCUT2D eigenvalue weighted by Gasteiger charge is -2.40. The summed E-state index contributed by atoms with van der Waals surface area (Å²) in [5.41, 5.74) is 1.09. The van der Waals surface area contributed by atoms with Crippen LogP contribution in [0.15, 0.2) is 49.7 Å². The third-order valence-corrected chi connectivity index (χ3v) is 6.40. The molecule has 0 amide bonds. The maximum atomic E-state index is 15.2. The Kier molecular flexibility index (Phi) is 4.58. The van der Waals surface area contributed by atoms with E-state index in [0.29, 0.717) is 23.3 Å². The molecular weight excluding hydrogens is 402 g/mol. The molecule has 2 aliphatic rings. The molecule has 1 aromatic carbocycles. The van der Waals surface area contributed by atoms with E-state index in [2.05, 4.69) is 32.1 Å². The zero-order chi connectivity index (χ0) is 21.8. The molecular formula is C22H22F2N6O. The molecule has 0 radical (unpaired) electrons. The fraction of sp³-hybridized carbons (Fsp3) is 0.364. The number of alkyl halides is 2. The quantitative estimate of drug-likeness (QED) is 0.668. The number of hydrogen-bond acceptors (Lipinski definition) is 6. The molecule has 1 unspecified atom stereocenters. The summed E-state index contributed by atoms with van der Waals surface area (Å²) in [6.45, 7) is 5.74. The summed E-state index contributed by atoms with van der Waals surface area (Å²) in [4.78, 5) is 8.29. The van der Waals surface area contributed by atoms with Crippen molar-refractivity contribution < 1.29 is 13.9 Å². The van der Waals surface area contributed by atoms with Crippen molar-refractivity contribution in [3.8, 4) is 22.8 Å². The van der Waals surface area contributed by atoms with Crippen molar-refractivity contribution >= 4 is 5.57 Å². The van der Waals surface area contributed by atoms with Crippen LogP contribution < -0.4 is 5.32 Å². The van der Waals surface area contributed by atoms with E-state index in [1.54, 1.807) is 48.4 Å². The first-order valence-corrected chi connectivity index (χ1v) is 10.1. The van der Waals surface area contributed by atoms with Gasteiger partial charge in [0.1, 0.15) is 23.8 Å². The molecule has 0 spiro atoms. The summed E-state index contributed by atoms with van der Waals surface area (Å²) < 4.78 is 31.2. The van der Waals surface area contributed by atoms with E-state index in [4.69, 9.17) is 0 Å². The Balaban J connectivity index is 1.37. The molecule has 2 saturated heterocycles. The number of rotatable bonds is 4. The Morgan fingerprint density at radius 3 is 2.84 bits per heavy atom. The van der Waals surface area contributed by atoms with Crippen molar-refractivity contribution in [3.05, 3.63) is 55.4 Å². The predicted molar refractivity (Wildman–Crippen MR) is 111 cm³/mol. The van der Waals surface area contributed by atoms with Gasteiger partial charge in [-0.05, 0) is 31.1 Å². The van der Waals surface area contributed by atoms with Crippen molar-refractivity contribution in [1.29, 1.82) is 0 Å². The number of fused-ring (bicyclic) bond motifs is 2. The van der Waals surface area contributed by atoms with Crippen LogP contribution in [-0.2, 0) is 0 Å². The molecule has 2 N–H and O–H groups in total. The Morgan fingerprint density at radius 2 is 2.16 bits per heavy atom. The van der Waals surface area contributed by atoms with Gasteiger partial charge in [0.15, 0.2) is 5.82 Å². The van der Waals surface area contributed by atoms with Gasteiger partial charge < -0.3 is 15.0 Å². The van der Waals surface area contributed by atoms with Gasteiger partial charge in [0.2, 0.25) is 0 Å². The molecule has 0 aliphatic carbocycles. The van der Waals surface area contributed by atoms with Crippen molar-refractivity contribution in [2.45, 2.75) is 43.7 Å². The van der Waals surface area contributed by atoms with E-state index in [0.717, 1.165) is 5.69 Å². The average Bonchev–Trinajstić information content (AvgIpc) is 3.38. The number of phenolic OH excluding ortho intramolecular Hbond substituents is 1. The summed E-state index contributed by atoms with van der Waals surface area (Å²) in [5.74, 6) is -0.314. The molecule has 4 heterocycles. The summed E-state index contributed by atoms with van der Waals surface area (Å²) in [5, 5.41) is 21.8. The molecule has 160 valence electrons. The number of allylic oxidation sites excluding steroid dienone is 1. The van der Waals surface area contributed by atoms with Gasteiger partial charge in [0.05, 0.1) is 29.3 Å². The van der Waals surface area contributed by atoms with E-state index in [-0.39, 0.29) is 24.0 Å². The maximum absolute atomic E-state index is 15.2. The number of nitrogens with one attached hydrogen (secondary N) is 1. The van der Waals surface area contributed by atoms with Crippen LogP contribution in [0.5, 0.6) is 5.75 Å². The summed E-state index contributed by atoms with van der Waals surface area (Å²) in [6, 6.07) is 4.70. The number of imidazole rings is 1. The fourth-order valence-corrected chi connectivity index (χ4v) is 4.69. The van der Waals surface area contributed by atoms with Crippen LogP contribution in [0, 0.1) is 5.92 Å². The third-order valence-electron chi connectivity index (χ3n) is 6.40. The van der Waals surface area contributed by atoms with Gasteiger partial charge in [-0.25, -0.2) is 18.7 Å². The molecule has 7 nitrogen and oxygen atoms in total. The molecule has 2 fully saturated rings. The molecule has 9 heteroatoms. The zero-order valence-electron chi connectivity index (χ0n) is 16.9. The highest BCUT2D eigenvalue weighted by molar-refractivity contribution is 5.67. The Morgan fingerprint density at radius 1 is 1.32 bits per heavy atom. The lowest BCUT2D eigenvalue weighted by Crippen LogP contribution is -2.56. The van der Waals surface area contributed by atoms with E-state index in [1.807, 2.05) is 0 Å². The monoisotopic (exact) mass is 424 g/mol. The summed E-state index contributed by atoms with van der Waals surface area (Å²) in [6.07, 6.45) is 4.64. The van der Waals surface area contributed by atoms with Gasteiger partial charge in [-0.3, -0.25) is 0 Å². The molecule has 31 heavy (non-hydrogen) atoms. The lowest BCUT2D eigenvalue weighted by molar-refractivity contribution is 0.102. The number of aromatic hydroxyl groups is 1. The van der Waals surface area contributed by atoms with E-state index in [9.17, 15) is 9.50 Å². The van der Waals surface area contributed by atoms with E-state index < -0.39 is 23.8 Å². The minimum atomic E-state index is -1.28. The van der Waals surface area contributed by atoms with Crippen LogP contribution in [0.4, 0.5) is 8.78 Å². The predicted octanol–water partition coefficient (Wildman–Crippen LogP) is 3.26. The van der Waals surface area contributed by atoms with Crippen LogP contribution in [0.1, 0.15) is 25.5 Å². The Bertz CT molecular complexity index is 1120. The van der Waals surface area contributed by atoms with Crippen molar-refractivity contribution in [2.75, 3.05) is 0 Å². The molecule has 5 rings (SSSR count). The molecule has 2 bridgehead atoms. The van der Waals surface area contributed by atoms with Gasteiger partial charge in [0, 0.05) is 36.8 Å². The highest BCUT2D eigenvalue weighted by atomic mass is 19.1. The summed E-state index contributed by atoms with van der Waals surface area (Å²) >= 11 is 0. The number of hydrogen-bond donors (Lipinski definition) is 2. The number of benzene rings is 1. The van der Waals surface area contributed by atoms with Gasteiger partial charge in [0.25, 0.3) is 0 Å². The fourth-order valence-electron chi connectivity index (χ4n) is 4.69. The number of nitrogens with zero attached hydrogens (tertiary/aromatic N) is 5. The second kappa shape index (κ2) is 7.19. The highest BCUT2D eigenvalue weighted by Crippen LogP contribution is 2.46. The van der Waals surface area contributed by atoms with E-state index >= 15 is 4.39 Å². The van der Waals surface area contributed by atoms with Crippen molar-refractivity contribution in [3.63, 3.8) is 0 Å². The SMILES string of the molecule is C=C(c1cnc(-c2ccc(-n3ccnc3)cc2O)nn1)[C@@H]1CC2N[C@@](C)(C[C@@H]2F)[C@H]1F. The second-order valence-corrected chi connectivity index (χ2v) is 8.50. The number of phenols is 1.